The Morgan fingerprint density at radius 1 is 1.08 bits per heavy atom. The van der Waals surface area contributed by atoms with Gasteiger partial charge in [0.05, 0.1) is 5.69 Å². The molecule has 24 heavy (non-hydrogen) atoms. The van der Waals surface area contributed by atoms with Gasteiger partial charge < -0.3 is 14.2 Å². The molecule has 5 heteroatoms. The molecule has 2 unspecified atom stereocenters. The predicted molar refractivity (Wildman–Crippen MR) is 92.5 cm³/mol. The van der Waals surface area contributed by atoms with Crippen LogP contribution in [0.1, 0.15) is 80.8 Å². The maximum Gasteiger partial charge on any atom is 0.216 e. The number of aromatic nitrogens is 2. The molecule has 1 aliphatic heterocycles. The molecule has 0 fully saturated rings. The summed E-state index contributed by atoms with van der Waals surface area (Å²) >= 11 is 0. The average Bonchev–Trinajstić information content (AvgIpc) is 3.18. The van der Waals surface area contributed by atoms with Crippen LogP contribution in [-0.4, -0.2) is 16.5 Å². The van der Waals surface area contributed by atoms with E-state index >= 15 is 0 Å². The second-order valence-electron chi connectivity index (χ2n) is 7.68. The molecule has 130 valence electrons. The highest BCUT2D eigenvalue weighted by atomic mass is 16.4. The van der Waals surface area contributed by atoms with E-state index in [9.17, 15) is 0 Å². The third-order valence-electron chi connectivity index (χ3n) is 5.25. The first-order valence-electron chi connectivity index (χ1n) is 9.32. The summed E-state index contributed by atoms with van der Waals surface area (Å²) in [6.45, 7) is 7.49. The lowest BCUT2D eigenvalue weighted by atomic mass is 9.84. The summed E-state index contributed by atoms with van der Waals surface area (Å²) in [4.78, 5) is 9.38. The minimum atomic E-state index is 0.344. The van der Waals surface area contributed by atoms with Crippen LogP contribution in [0.25, 0.3) is 0 Å². The molecular formula is C19H27N3O2. The van der Waals surface area contributed by atoms with Gasteiger partial charge in [0.1, 0.15) is 11.5 Å². The Hall–Kier alpha value is -1.78. The molecule has 1 aliphatic carbocycles. The summed E-state index contributed by atoms with van der Waals surface area (Å²) in [5.41, 5.74) is 2.28. The number of hydrogen-bond acceptors (Lipinski definition) is 5. The van der Waals surface area contributed by atoms with Gasteiger partial charge in [-0.3, -0.25) is 0 Å². The molecule has 2 aromatic rings. The molecule has 2 atom stereocenters. The van der Waals surface area contributed by atoms with Crippen LogP contribution < -0.4 is 5.32 Å². The Morgan fingerprint density at radius 2 is 1.92 bits per heavy atom. The van der Waals surface area contributed by atoms with E-state index in [2.05, 4.69) is 31.1 Å². The summed E-state index contributed by atoms with van der Waals surface area (Å²) in [5.74, 6) is 5.11. The van der Waals surface area contributed by atoms with Crippen LogP contribution in [0.15, 0.2) is 8.83 Å². The molecule has 0 radical (unpaired) electrons. The van der Waals surface area contributed by atoms with Gasteiger partial charge in [-0.15, -0.1) is 0 Å². The van der Waals surface area contributed by atoms with Crippen LogP contribution in [0.5, 0.6) is 0 Å². The number of aryl methyl sites for hydroxylation is 2. The fourth-order valence-electron chi connectivity index (χ4n) is 3.86. The minimum absolute atomic E-state index is 0.344. The van der Waals surface area contributed by atoms with Crippen molar-refractivity contribution in [3.05, 3.63) is 28.9 Å². The van der Waals surface area contributed by atoms with E-state index in [1.54, 1.807) is 0 Å². The largest absolute Gasteiger partial charge is 0.445 e. The zero-order valence-electron chi connectivity index (χ0n) is 14.9. The van der Waals surface area contributed by atoms with Gasteiger partial charge in [0.2, 0.25) is 5.88 Å². The molecule has 1 N–H and O–H groups in total. The van der Waals surface area contributed by atoms with Gasteiger partial charge in [-0.2, -0.15) is 0 Å². The molecule has 3 heterocycles. The van der Waals surface area contributed by atoms with Crippen LogP contribution in [0.3, 0.4) is 0 Å². The SMILES string of the molecule is CC(C)c1nc2c(o1)CC(CC(C)c1nc3c(o1)NCCC3)CC2. The first-order chi connectivity index (χ1) is 11.6. The molecule has 0 saturated carbocycles. The lowest BCUT2D eigenvalue weighted by Gasteiger charge is -2.22. The number of nitrogens with zero attached hydrogens (tertiary/aromatic N) is 2. The van der Waals surface area contributed by atoms with E-state index in [0.717, 1.165) is 67.8 Å². The van der Waals surface area contributed by atoms with E-state index in [1.807, 2.05) is 0 Å². The van der Waals surface area contributed by atoms with Gasteiger partial charge in [0.25, 0.3) is 0 Å². The highest BCUT2D eigenvalue weighted by Crippen LogP contribution is 2.35. The Kier molecular flexibility index (Phi) is 4.10. The number of rotatable bonds is 4. The Labute approximate surface area is 143 Å². The number of fused-ring (bicyclic) bond motifs is 2. The van der Waals surface area contributed by atoms with Crippen molar-refractivity contribution in [1.29, 1.82) is 0 Å². The van der Waals surface area contributed by atoms with Crippen LogP contribution in [0, 0.1) is 5.92 Å². The predicted octanol–water partition coefficient (Wildman–Crippen LogP) is 4.44. The topological polar surface area (TPSA) is 64.1 Å². The first-order valence-corrected chi connectivity index (χ1v) is 9.32. The van der Waals surface area contributed by atoms with Crippen molar-refractivity contribution >= 4 is 5.88 Å². The summed E-state index contributed by atoms with van der Waals surface area (Å²) in [6, 6.07) is 0. The van der Waals surface area contributed by atoms with E-state index in [0.29, 0.717) is 17.8 Å². The minimum Gasteiger partial charge on any atom is -0.445 e. The molecule has 4 rings (SSSR count). The molecule has 0 spiro atoms. The number of hydrogen-bond donors (Lipinski definition) is 1. The molecule has 0 amide bonds. The van der Waals surface area contributed by atoms with Crippen molar-refractivity contribution in [3.63, 3.8) is 0 Å². The highest BCUT2D eigenvalue weighted by Gasteiger charge is 2.28. The van der Waals surface area contributed by atoms with Crippen molar-refractivity contribution in [2.75, 3.05) is 11.9 Å². The van der Waals surface area contributed by atoms with E-state index in [4.69, 9.17) is 13.8 Å². The first kappa shape index (κ1) is 15.7. The lowest BCUT2D eigenvalue weighted by Crippen LogP contribution is -2.15. The van der Waals surface area contributed by atoms with Crippen LogP contribution in [0.2, 0.25) is 0 Å². The Balaban J connectivity index is 1.42. The van der Waals surface area contributed by atoms with E-state index in [1.165, 1.54) is 12.1 Å². The third kappa shape index (κ3) is 2.96. The number of oxazole rings is 2. The average molecular weight is 329 g/mol. The van der Waals surface area contributed by atoms with E-state index < -0.39 is 0 Å². The van der Waals surface area contributed by atoms with Gasteiger partial charge in [-0.1, -0.05) is 20.8 Å². The zero-order chi connectivity index (χ0) is 16.7. The lowest BCUT2D eigenvalue weighted by molar-refractivity contribution is 0.327. The van der Waals surface area contributed by atoms with Crippen LogP contribution in [0.4, 0.5) is 5.88 Å². The quantitative estimate of drug-likeness (QED) is 0.898. The number of nitrogens with one attached hydrogen (secondary N) is 1. The zero-order valence-corrected chi connectivity index (χ0v) is 14.9. The van der Waals surface area contributed by atoms with Gasteiger partial charge >= 0.3 is 0 Å². The number of anilines is 1. The monoisotopic (exact) mass is 329 g/mol. The molecule has 2 aromatic heterocycles. The fraction of sp³-hybridized carbons (Fsp3) is 0.684. The Morgan fingerprint density at radius 3 is 2.71 bits per heavy atom. The van der Waals surface area contributed by atoms with Crippen molar-refractivity contribution < 1.29 is 8.83 Å². The molecular weight excluding hydrogens is 302 g/mol. The Bertz CT molecular complexity index is 693. The van der Waals surface area contributed by atoms with E-state index in [-0.39, 0.29) is 0 Å². The van der Waals surface area contributed by atoms with Crippen molar-refractivity contribution in [2.24, 2.45) is 5.92 Å². The fourth-order valence-corrected chi connectivity index (χ4v) is 3.86. The summed E-state index contributed by atoms with van der Waals surface area (Å²) < 4.78 is 11.9. The molecule has 2 aliphatic rings. The molecule has 5 nitrogen and oxygen atoms in total. The van der Waals surface area contributed by atoms with Crippen molar-refractivity contribution in [2.45, 2.75) is 71.1 Å². The maximum absolute atomic E-state index is 5.99. The standard InChI is InChI=1S/C19H27N3O2/c1-11(2)17-21-14-7-6-13(10-16(14)23-17)9-12(3)18-22-15-5-4-8-20-19(15)24-18/h11-13,20H,4-10H2,1-3H3. The summed E-state index contributed by atoms with van der Waals surface area (Å²) in [5, 5.41) is 3.32. The smallest absolute Gasteiger partial charge is 0.216 e. The van der Waals surface area contributed by atoms with Crippen molar-refractivity contribution in [1.82, 2.24) is 9.97 Å². The van der Waals surface area contributed by atoms with Gasteiger partial charge in [-0.05, 0) is 38.0 Å². The van der Waals surface area contributed by atoms with Crippen molar-refractivity contribution in [3.8, 4) is 0 Å². The molecule has 0 bridgehead atoms. The van der Waals surface area contributed by atoms with Gasteiger partial charge in [-0.25, -0.2) is 9.97 Å². The molecule has 0 saturated heterocycles. The van der Waals surface area contributed by atoms with Crippen LogP contribution >= 0.6 is 0 Å². The highest BCUT2D eigenvalue weighted by molar-refractivity contribution is 5.39. The maximum atomic E-state index is 5.99. The van der Waals surface area contributed by atoms with Crippen LogP contribution in [-0.2, 0) is 19.3 Å². The normalized spacial score (nSPS) is 21.2. The second kappa shape index (κ2) is 6.26. The van der Waals surface area contributed by atoms with Gasteiger partial charge in [0.15, 0.2) is 11.8 Å². The molecule has 0 aromatic carbocycles. The summed E-state index contributed by atoms with van der Waals surface area (Å²) in [7, 11) is 0. The summed E-state index contributed by atoms with van der Waals surface area (Å²) in [6.07, 6.45) is 6.48. The van der Waals surface area contributed by atoms with Gasteiger partial charge in [0, 0.05) is 24.8 Å². The second-order valence-corrected chi connectivity index (χ2v) is 7.68. The third-order valence-corrected chi connectivity index (χ3v) is 5.25.